The molecule has 0 amide bonds. The molecule has 0 aliphatic rings. The minimum Gasteiger partial charge on any atom is -0.504 e. The Morgan fingerprint density at radius 1 is 0.673 bits per heavy atom. The van der Waals surface area contributed by atoms with Gasteiger partial charge in [-0.2, -0.15) is 39.5 Å². The van der Waals surface area contributed by atoms with Gasteiger partial charge in [0.25, 0.3) is 5.69 Å². The van der Waals surface area contributed by atoms with Crippen LogP contribution in [0, 0.1) is 10.1 Å². The van der Waals surface area contributed by atoms with E-state index in [4.69, 9.17) is 0 Å². The first-order valence-electron chi connectivity index (χ1n) is 13.7. The fraction of sp³-hybridized carbons (Fsp3) is 0.147. The van der Waals surface area contributed by atoms with Crippen LogP contribution in [0.2, 0.25) is 0 Å². The van der Waals surface area contributed by atoms with Gasteiger partial charge in [0.15, 0.2) is 0 Å². The number of alkyl halides is 9. The van der Waals surface area contributed by atoms with Gasteiger partial charge in [-0.05, 0) is 60.2 Å². The third kappa shape index (κ3) is 11.0. The zero-order valence-corrected chi connectivity index (χ0v) is 25.4. The predicted octanol–water partition coefficient (Wildman–Crippen LogP) is 10.9. The minimum atomic E-state index is -4.46. The third-order valence-corrected chi connectivity index (χ3v) is 6.39. The molecule has 1 heterocycles. The molecule has 1 aromatic heterocycles. The van der Waals surface area contributed by atoms with Crippen molar-refractivity contribution in [2.45, 2.75) is 18.5 Å². The highest BCUT2D eigenvalue weighted by atomic mass is 19.4. The number of nitro groups is 1. The Kier molecular flexibility index (Phi) is 12.4. The van der Waals surface area contributed by atoms with Gasteiger partial charge >= 0.3 is 18.5 Å². The number of fused-ring (bicyclic) bond motifs is 1. The van der Waals surface area contributed by atoms with Gasteiger partial charge in [-0.15, -0.1) is 0 Å². The van der Waals surface area contributed by atoms with Crippen LogP contribution < -0.4 is 4.74 Å². The Morgan fingerprint density at radius 2 is 1.22 bits per heavy atom. The van der Waals surface area contributed by atoms with Gasteiger partial charge in [0.1, 0.15) is 11.3 Å². The molecule has 0 radical (unpaired) electrons. The fourth-order valence-electron chi connectivity index (χ4n) is 4.06. The molecule has 258 valence electrons. The molecular formula is C34H25F9N2O4. The van der Waals surface area contributed by atoms with E-state index in [-0.39, 0.29) is 28.2 Å². The molecule has 0 saturated carbocycles. The Balaban J connectivity index is 0.000000215. The number of hydrogen-bond acceptors (Lipinski definition) is 5. The number of nitro benzene ring substituents is 1. The van der Waals surface area contributed by atoms with Gasteiger partial charge in [0.2, 0.25) is 0 Å². The molecule has 5 aromatic rings. The number of hydrogen-bond donors (Lipinski definition) is 0. The normalized spacial score (nSPS) is 11.7. The molecule has 49 heavy (non-hydrogen) atoms. The fourth-order valence-corrected chi connectivity index (χ4v) is 4.06. The summed E-state index contributed by atoms with van der Waals surface area (Å²) in [6, 6.07) is 22.1. The first-order chi connectivity index (χ1) is 22.9. The van der Waals surface area contributed by atoms with E-state index in [0.717, 1.165) is 36.4 Å². The molecule has 0 aliphatic heterocycles. The van der Waals surface area contributed by atoms with Crippen LogP contribution in [0.4, 0.5) is 45.2 Å². The van der Waals surface area contributed by atoms with Gasteiger partial charge in [-0.1, -0.05) is 48.5 Å². The van der Waals surface area contributed by atoms with Crippen LogP contribution in [-0.2, 0) is 23.3 Å². The maximum atomic E-state index is 12.8. The maximum Gasteiger partial charge on any atom is 0.416 e. The average molecular weight is 697 g/mol. The number of rotatable bonds is 5. The molecule has 0 unspecified atom stereocenters. The Labute approximate surface area is 273 Å². The number of non-ortho nitro benzene ring substituents is 1. The van der Waals surface area contributed by atoms with Crippen molar-refractivity contribution in [2.75, 3.05) is 14.2 Å². The first-order valence-corrected chi connectivity index (χ1v) is 13.7. The number of nitrogens with zero attached hydrogens (tertiary/aromatic N) is 2. The molecule has 0 saturated heterocycles. The molecule has 6 nitrogen and oxygen atoms in total. The summed E-state index contributed by atoms with van der Waals surface area (Å²) in [4.78, 5) is 14.7. The average Bonchev–Trinajstić information content (AvgIpc) is 3.06. The highest BCUT2D eigenvalue weighted by molar-refractivity contribution is 5.89. The van der Waals surface area contributed by atoms with Gasteiger partial charge in [0, 0.05) is 17.0 Å². The minimum absolute atomic E-state index is 0.146. The second kappa shape index (κ2) is 16.0. The lowest BCUT2D eigenvalue weighted by Crippen LogP contribution is -2.04. The summed E-state index contributed by atoms with van der Waals surface area (Å²) >= 11 is 0. The van der Waals surface area contributed by atoms with E-state index < -0.39 is 40.1 Å². The standard InChI is InChI=1S/C16H9F3N2O2.C10H9F3O.C8H7F3O/c17-16(18,19)12-5-1-4-11(9-12)13-8-7-10-3-2-6-14(21(22)23)15(10)20-13;1-14-6-5-8-3-2-4-9(7-8)10(11,12)13;1-12-7-4-2-3-6(5-7)8(9,10)11/h1-9H;2-7H,1H3;2-5H,1H3/b;6-5+;. The Bertz CT molecular complexity index is 1900. The summed E-state index contributed by atoms with van der Waals surface area (Å²) in [5.41, 5.74) is -1.22. The van der Waals surface area contributed by atoms with E-state index in [0.29, 0.717) is 10.9 Å². The van der Waals surface area contributed by atoms with Crippen LogP contribution in [0.5, 0.6) is 5.75 Å². The number of para-hydroxylation sites is 1. The lowest BCUT2D eigenvalue weighted by Gasteiger charge is -2.09. The Hall–Kier alpha value is -5.60. The van der Waals surface area contributed by atoms with Crippen LogP contribution in [0.3, 0.4) is 0 Å². The molecule has 0 N–H and O–H groups in total. The van der Waals surface area contributed by atoms with Crippen molar-refractivity contribution in [3.05, 3.63) is 142 Å². The molecular weight excluding hydrogens is 671 g/mol. The molecule has 0 fully saturated rings. The van der Waals surface area contributed by atoms with Crippen molar-refractivity contribution in [2.24, 2.45) is 0 Å². The van der Waals surface area contributed by atoms with Crippen LogP contribution in [0.1, 0.15) is 22.3 Å². The van der Waals surface area contributed by atoms with Crippen LogP contribution in [-0.4, -0.2) is 24.1 Å². The number of halogens is 9. The van der Waals surface area contributed by atoms with Gasteiger partial charge < -0.3 is 9.47 Å². The van der Waals surface area contributed by atoms with Crippen LogP contribution in [0.25, 0.3) is 28.2 Å². The molecule has 0 bridgehead atoms. The smallest absolute Gasteiger partial charge is 0.416 e. The lowest BCUT2D eigenvalue weighted by atomic mass is 10.1. The highest BCUT2D eigenvalue weighted by Crippen LogP contribution is 2.34. The second-order valence-electron chi connectivity index (χ2n) is 9.77. The highest BCUT2D eigenvalue weighted by Gasteiger charge is 2.32. The SMILES string of the molecule is CO/C=C/c1cccc(C(F)(F)F)c1.COc1cccc(C(F)(F)F)c1.O=[N+]([O-])c1cccc2ccc(-c3cccc(C(F)(F)F)c3)nc12. The third-order valence-electron chi connectivity index (χ3n) is 6.39. The number of pyridine rings is 1. The maximum absolute atomic E-state index is 12.8. The molecule has 15 heteroatoms. The predicted molar refractivity (Wildman–Crippen MR) is 164 cm³/mol. The summed E-state index contributed by atoms with van der Waals surface area (Å²) in [7, 11) is 2.76. The molecule has 4 aromatic carbocycles. The van der Waals surface area contributed by atoms with Gasteiger partial charge in [-0.25, -0.2) is 4.98 Å². The van der Waals surface area contributed by atoms with Crippen molar-refractivity contribution in [1.82, 2.24) is 4.98 Å². The van der Waals surface area contributed by atoms with Crippen molar-refractivity contribution < 1.29 is 53.9 Å². The van der Waals surface area contributed by atoms with Crippen molar-refractivity contribution in [3.8, 4) is 17.0 Å². The second-order valence-corrected chi connectivity index (χ2v) is 9.77. The van der Waals surface area contributed by atoms with E-state index >= 15 is 0 Å². The zero-order chi connectivity index (χ0) is 36.4. The van der Waals surface area contributed by atoms with Crippen LogP contribution >= 0.6 is 0 Å². The van der Waals surface area contributed by atoms with Crippen molar-refractivity contribution >= 4 is 22.7 Å². The van der Waals surface area contributed by atoms with E-state index in [2.05, 4.69) is 14.5 Å². The van der Waals surface area contributed by atoms with Crippen molar-refractivity contribution in [1.29, 1.82) is 0 Å². The van der Waals surface area contributed by atoms with E-state index in [1.165, 1.54) is 69.0 Å². The summed E-state index contributed by atoms with van der Waals surface area (Å²) in [6.07, 6.45) is -10.3. The molecule has 5 rings (SSSR count). The van der Waals surface area contributed by atoms with Gasteiger partial charge in [-0.3, -0.25) is 10.1 Å². The lowest BCUT2D eigenvalue weighted by molar-refractivity contribution is -0.383. The van der Waals surface area contributed by atoms with Crippen LogP contribution in [0.15, 0.2) is 109 Å². The first kappa shape index (κ1) is 37.9. The zero-order valence-electron chi connectivity index (χ0n) is 25.4. The topological polar surface area (TPSA) is 74.5 Å². The van der Waals surface area contributed by atoms with Gasteiger partial charge in [0.05, 0.1) is 47.8 Å². The number of benzene rings is 4. The molecule has 0 atom stereocenters. The number of aromatic nitrogens is 1. The summed E-state index contributed by atoms with van der Waals surface area (Å²) in [5, 5.41) is 11.6. The number of methoxy groups -OCH3 is 2. The molecule has 0 spiro atoms. The largest absolute Gasteiger partial charge is 0.504 e. The molecule has 0 aliphatic carbocycles. The van der Waals surface area contributed by atoms with E-state index in [1.807, 2.05) is 0 Å². The summed E-state index contributed by atoms with van der Waals surface area (Å²) in [6.45, 7) is 0. The van der Waals surface area contributed by atoms with E-state index in [9.17, 15) is 49.6 Å². The summed E-state index contributed by atoms with van der Waals surface area (Å²) < 4.78 is 120. The van der Waals surface area contributed by atoms with Crippen molar-refractivity contribution in [3.63, 3.8) is 0 Å². The monoisotopic (exact) mass is 696 g/mol. The van der Waals surface area contributed by atoms with E-state index in [1.54, 1.807) is 24.3 Å². The summed E-state index contributed by atoms with van der Waals surface area (Å²) in [5.74, 6) is 0.213. The Morgan fingerprint density at radius 3 is 1.80 bits per heavy atom. The number of ether oxygens (including phenoxy) is 2. The quantitative estimate of drug-likeness (QED) is 0.0791.